The summed E-state index contributed by atoms with van der Waals surface area (Å²) in [6, 6.07) is 17.8. The van der Waals surface area contributed by atoms with Crippen LogP contribution in [0, 0.1) is 0 Å². The van der Waals surface area contributed by atoms with Gasteiger partial charge in [0.1, 0.15) is 18.3 Å². The number of nitrogens with one attached hydrogen (secondary N) is 1. The Balaban J connectivity index is 1.77. The molecule has 4 rings (SSSR count). The van der Waals surface area contributed by atoms with Crippen LogP contribution < -0.4 is 14.4 Å². The average molecular weight is 667 g/mol. The molecule has 0 spiro atoms. The number of hydrogen-bond donors (Lipinski definition) is 1. The van der Waals surface area contributed by atoms with E-state index in [2.05, 4.69) is 5.32 Å². The summed E-state index contributed by atoms with van der Waals surface area (Å²) >= 11 is 19.4. The molecule has 0 aromatic heterocycles. The molecule has 0 unspecified atom stereocenters. The number of amides is 2. The van der Waals surface area contributed by atoms with Crippen LogP contribution in [0.15, 0.2) is 66.7 Å². The maximum atomic E-state index is 14.3. The van der Waals surface area contributed by atoms with Crippen LogP contribution in [0.25, 0.3) is 0 Å². The molecular formula is C31H34Cl3N3O5S. The smallest absolute Gasteiger partial charge is 0.244 e. The fraction of sp³-hybridized carbons (Fsp3) is 0.355. The van der Waals surface area contributed by atoms with E-state index in [1.54, 1.807) is 18.2 Å². The predicted molar refractivity (Wildman–Crippen MR) is 172 cm³/mol. The van der Waals surface area contributed by atoms with Gasteiger partial charge in [0, 0.05) is 34.6 Å². The fourth-order valence-electron chi connectivity index (χ4n) is 5.20. The molecule has 3 aromatic carbocycles. The van der Waals surface area contributed by atoms with Crippen molar-refractivity contribution in [1.29, 1.82) is 0 Å². The number of ether oxygens (including phenoxy) is 1. The summed E-state index contributed by atoms with van der Waals surface area (Å²) in [5.74, 6) is -0.590. The summed E-state index contributed by atoms with van der Waals surface area (Å²) in [5.41, 5.74) is 1.45. The summed E-state index contributed by atoms with van der Waals surface area (Å²) in [4.78, 5) is 29.6. The molecule has 230 valence electrons. The molecule has 0 aliphatic heterocycles. The van der Waals surface area contributed by atoms with Gasteiger partial charge in [-0.1, -0.05) is 84.0 Å². The normalized spacial score (nSPS) is 14.3. The van der Waals surface area contributed by atoms with Crippen LogP contribution in [0.4, 0.5) is 5.69 Å². The van der Waals surface area contributed by atoms with Crippen LogP contribution in [0.1, 0.15) is 36.8 Å². The first kappa shape index (κ1) is 32.9. The van der Waals surface area contributed by atoms with Crippen molar-refractivity contribution in [3.05, 3.63) is 92.9 Å². The molecule has 0 radical (unpaired) electrons. The Morgan fingerprint density at radius 1 is 0.953 bits per heavy atom. The lowest BCUT2D eigenvalue weighted by atomic mass is 10.0. The molecular weight excluding hydrogens is 633 g/mol. The highest BCUT2D eigenvalue weighted by molar-refractivity contribution is 7.92. The second kappa shape index (κ2) is 14.7. The first-order valence-electron chi connectivity index (χ1n) is 13.9. The van der Waals surface area contributed by atoms with E-state index in [1.807, 2.05) is 30.3 Å². The Hall–Kier alpha value is -2.98. The highest BCUT2D eigenvalue weighted by Crippen LogP contribution is 2.31. The number of halogens is 3. The van der Waals surface area contributed by atoms with Gasteiger partial charge in [-0.05, 0) is 48.7 Å². The van der Waals surface area contributed by atoms with E-state index >= 15 is 0 Å². The van der Waals surface area contributed by atoms with Gasteiger partial charge in [-0.15, -0.1) is 0 Å². The largest absolute Gasteiger partial charge is 0.495 e. The first-order chi connectivity index (χ1) is 20.5. The Morgan fingerprint density at radius 3 is 2.19 bits per heavy atom. The number of anilines is 1. The van der Waals surface area contributed by atoms with Gasteiger partial charge >= 0.3 is 0 Å². The molecule has 1 fully saturated rings. The molecule has 0 bridgehead atoms. The van der Waals surface area contributed by atoms with Crippen LogP contribution in [-0.4, -0.2) is 57.1 Å². The minimum atomic E-state index is -3.96. The monoisotopic (exact) mass is 665 g/mol. The van der Waals surface area contributed by atoms with Crippen molar-refractivity contribution in [3.8, 4) is 5.75 Å². The van der Waals surface area contributed by atoms with E-state index in [-0.39, 0.29) is 35.6 Å². The molecule has 8 nitrogen and oxygen atoms in total. The Bertz CT molecular complexity index is 1530. The lowest BCUT2D eigenvalue weighted by Crippen LogP contribution is -2.54. The topological polar surface area (TPSA) is 96.0 Å². The van der Waals surface area contributed by atoms with Crippen molar-refractivity contribution in [2.75, 3.05) is 24.2 Å². The molecule has 1 saturated carbocycles. The molecule has 0 saturated heterocycles. The van der Waals surface area contributed by atoms with Crippen molar-refractivity contribution >= 4 is 62.3 Å². The summed E-state index contributed by atoms with van der Waals surface area (Å²) in [6.45, 7) is -0.709. The zero-order valence-corrected chi connectivity index (χ0v) is 27.0. The van der Waals surface area contributed by atoms with Gasteiger partial charge in [0.15, 0.2) is 0 Å². The summed E-state index contributed by atoms with van der Waals surface area (Å²) in [5, 5.41) is 3.94. The number of hydrogen-bond acceptors (Lipinski definition) is 5. The van der Waals surface area contributed by atoms with Crippen LogP contribution in [0.3, 0.4) is 0 Å². The van der Waals surface area contributed by atoms with Gasteiger partial charge in [0.2, 0.25) is 21.8 Å². The lowest BCUT2D eigenvalue weighted by Gasteiger charge is -2.34. The quantitative estimate of drug-likeness (QED) is 0.251. The standard InChI is InChI=1S/C31H34Cl3N3O5S/c1-42-29-16-15-23(18-27(29)34)37(43(2,40)41)20-30(38)36(19-24-25(32)13-8-14-26(24)33)28(17-21-9-4-3-5-10-21)31(39)35-22-11-6-7-12-22/h3-5,8-10,13-16,18,22,28H,6-7,11-12,17,19-20H2,1-2H3,(H,35,39)/t28-/m1/s1. The van der Waals surface area contributed by atoms with Crippen LogP contribution in [-0.2, 0) is 32.6 Å². The van der Waals surface area contributed by atoms with Gasteiger partial charge in [-0.3, -0.25) is 13.9 Å². The molecule has 1 atom stereocenters. The summed E-state index contributed by atoms with van der Waals surface area (Å²) < 4.78 is 32.2. The molecule has 1 aliphatic carbocycles. The van der Waals surface area contributed by atoms with E-state index in [9.17, 15) is 18.0 Å². The second-order valence-electron chi connectivity index (χ2n) is 10.5. The van der Waals surface area contributed by atoms with Gasteiger partial charge in [-0.25, -0.2) is 8.42 Å². The third-order valence-corrected chi connectivity index (χ3v) is 9.61. The van der Waals surface area contributed by atoms with Crippen LogP contribution in [0.2, 0.25) is 15.1 Å². The zero-order chi connectivity index (χ0) is 31.1. The Kier molecular flexibility index (Phi) is 11.2. The van der Waals surface area contributed by atoms with E-state index in [0.29, 0.717) is 21.4 Å². The Morgan fingerprint density at radius 2 is 1.60 bits per heavy atom. The first-order valence-corrected chi connectivity index (χ1v) is 16.8. The molecule has 3 aromatic rings. The van der Waals surface area contributed by atoms with Crippen molar-refractivity contribution in [3.63, 3.8) is 0 Å². The van der Waals surface area contributed by atoms with E-state index in [1.165, 1.54) is 30.2 Å². The average Bonchev–Trinajstić information content (AvgIpc) is 3.47. The third-order valence-electron chi connectivity index (χ3n) is 7.47. The van der Waals surface area contributed by atoms with E-state index in [4.69, 9.17) is 39.5 Å². The fourth-order valence-corrected chi connectivity index (χ4v) is 6.81. The Labute approximate surface area is 267 Å². The lowest BCUT2D eigenvalue weighted by molar-refractivity contribution is -0.140. The minimum absolute atomic E-state index is 0.000542. The van der Waals surface area contributed by atoms with Crippen molar-refractivity contribution < 1.29 is 22.7 Å². The van der Waals surface area contributed by atoms with Crippen molar-refractivity contribution in [2.24, 2.45) is 0 Å². The summed E-state index contributed by atoms with van der Waals surface area (Å²) in [6.07, 6.45) is 4.94. The van der Waals surface area contributed by atoms with Crippen molar-refractivity contribution in [1.82, 2.24) is 10.2 Å². The molecule has 1 aliphatic rings. The molecule has 43 heavy (non-hydrogen) atoms. The van der Waals surface area contributed by atoms with E-state index < -0.39 is 28.5 Å². The maximum absolute atomic E-state index is 14.3. The summed E-state index contributed by atoms with van der Waals surface area (Å²) in [7, 11) is -2.52. The van der Waals surface area contributed by atoms with Crippen LogP contribution >= 0.6 is 34.8 Å². The number of nitrogens with zero attached hydrogens (tertiary/aromatic N) is 2. The predicted octanol–water partition coefficient (Wildman–Crippen LogP) is 6.12. The van der Waals surface area contributed by atoms with Crippen molar-refractivity contribution in [2.45, 2.75) is 50.7 Å². The number of sulfonamides is 1. The number of carbonyl (C=O) groups excluding carboxylic acids is 2. The van der Waals surface area contributed by atoms with Gasteiger partial charge in [0.05, 0.1) is 24.1 Å². The highest BCUT2D eigenvalue weighted by Gasteiger charge is 2.35. The minimum Gasteiger partial charge on any atom is -0.495 e. The van der Waals surface area contributed by atoms with Gasteiger partial charge in [-0.2, -0.15) is 0 Å². The molecule has 1 N–H and O–H groups in total. The van der Waals surface area contributed by atoms with Crippen LogP contribution in [0.5, 0.6) is 5.75 Å². The highest BCUT2D eigenvalue weighted by atomic mass is 35.5. The number of methoxy groups -OCH3 is 1. The second-order valence-corrected chi connectivity index (χ2v) is 13.6. The van der Waals surface area contributed by atoms with Gasteiger partial charge < -0.3 is 15.0 Å². The molecule has 12 heteroatoms. The number of carbonyl (C=O) groups is 2. The molecule has 2 amide bonds. The third kappa shape index (κ3) is 8.56. The number of rotatable bonds is 12. The molecule has 0 heterocycles. The van der Waals surface area contributed by atoms with Gasteiger partial charge in [0.25, 0.3) is 0 Å². The SMILES string of the molecule is COc1ccc(N(CC(=O)N(Cc2c(Cl)cccc2Cl)[C@H](Cc2ccccc2)C(=O)NC2CCCC2)S(C)(=O)=O)cc1Cl. The zero-order valence-electron chi connectivity index (χ0n) is 23.9. The maximum Gasteiger partial charge on any atom is 0.244 e. The van der Waals surface area contributed by atoms with E-state index in [0.717, 1.165) is 41.8 Å². The number of benzene rings is 3.